The van der Waals surface area contributed by atoms with Crippen molar-refractivity contribution in [2.45, 2.75) is 32.4 Å². The fraction of sp³-hybridized carbons (Fsp3) is 0.316. The van der Waals surface area contributed by atoms with Crippen LogP contribution in [0, 0.1) is 6.92 Å². The van der Waals surface area contributed by atoms with Gasteiger partial charge in [-0.25, -0.2) is 4.68 Å². The largest absolute Gasteiger partial charge is 0.334 e. The molecule has 0 N–H and O–H groups in total. The molecule has 3 heterocycles. The standard InChI is InChI=1S/C19H21N5O/c1-15-12-21-24(13-15)17-7-5-16(6-8-17)19(25)23-11-2-4-18(23)14-22-10-3-9-20-22/h3,5-10,12-13,18H,2,4,11,14H2,1H3/t18-/m0/s1. The van der Waals surface area contributed by atoms with Gasteiger partial charge in [0.1, 0.15) is 0 Å². The predicted molar refractivity (Wildman–Crippen MR) is 94.6 cm³/mol. The number of likely N-dealkylation sites (tertiary alicyclic amines) is 1. The van der Waals surface area contributed by atoms with Crippen LogP contribution in [0.2, 0.25) is 0 Å². The third kappa shape index (κ3) is 3.20. The second kappa shape index (κ2) is 6.55. The van der Waals surface area contributed by atoms with Crippen LogP contribution in [0.25, 0.3) is 5.69 Å². The minimum absolute atomic E-state index is 0.0952. The monoisotopic (exact) mass is 335 g/mol. The lowest BCUT2D eigenvalue weighted by molar-refractivity contribution is 0.0721. The molecule has 1 atom stereocenters. The normalized spacial score (nSPS) is 17.2. The SMILES string of the molecule is Cc1cnn(-c2ccc(C(=O)N3CCC[C@H]3Cn3cccn3)cc2)c1. The van der Waals surface area contributed by atoms with Crippen molar-refractivity contribution < 1.29 is 4.79 Å². The quantitative estimate of drug-likeness (QED) is 0.736. The summed E-state index contributed by atoms with van der Waals surface area (Å²) in [6.45, 7) is 3.57. The van der Waals surface area contributed by atoms with Gasteiger partial charge in [0.2, 0.25) is 0 Å². The molecule has 0 unspecified atom stereocenters. The molecule has 3 aromatic rings. The molecular weight excluding hydrogens is 314 g/mol. The maximum Gasteiger partial charge on any atom is 0.254 e. The molecule has 1 amide bonds. The minimum Gasteiger partial charge on any atom is -0.334 e. The summed E-state index contributed by atoms with van der Waals surface area (Å²) in [4.78, 5) is 14.9. The molecule has 1 fully saturated rings. The van der Waals surface area contributed by atoms with E-state index in [2.05, 4.69) is 10.2 Å². The number of benzene rings is 1. The molecule has 0 bridgehead atoms. The summed E-state index contributed by atoms with van der Waals surface area (Å²) in [5.41, 5.74) is 2.79. The van der Waals surface area contributed by atoms with Crippen molar-refractivity contribution in [1.82, 2.24) is 24.5 Å². The molecule has 1 saturated heterocycles. The summed E-state index contributed by atoms with van der Waals surface area (Å²) in [5, 5.41) is 8.57. The Morgan fingerprint density at radius 3 is 2.76 bits per heavy atom. The van der Waals surface area contributed by atoms with Crippen LogP contribution in [0.1, 0.15) is 28.8 Å². The second-order valence-corrected chi connectivity index (χ2v) is 6.53. The van der Waals surface area contributed by atoms with E-state index in [1.165, 1.54) is 0 Å². The molecule has 1 aromatic carbocycles. The zero-order valence-corrected chi connectivity index (χ0v) is 14.2. The number of rotatable bonds is 4. The first-order chi connectivity index (χ1) is 12.2. The molecule has 25 heavy (non-hydrogen) atoms. The average molecular weight is 335 g/mol. The molecule has 6 nitrogen and oxygen atoms in total. The van der Waals surface area contributed by atoms with E-state index in [9.17, 15) is 4.79 Å². The fourth-order valence-electron chi connectivity index (χ4n) is 3.39. The summed E-state index contributed by atoms with van der Waals surface area (Å²) in [5.74, 6) is 0.0952. The molecule has 1 aliphatic heterocycles. The minimum atomic E-state index is 0.0952. The summed E-state index contributed by atoms with van der Waals surface area (Å²) in [7, 11) is 0. The Morgan fingerprint density at radius 2 is 2.08 bits per heavy atom. The van der Waals surface area contributed by atoms with Gasteiger partial charge in [-0.2, -0.15) is 10.2 Å². The van der Waals surface area contributed by atoms with Crippen molar-refractivity contribution in [3.63, 3.8) is 0 Å². The summed E-state index contributed by atoms with van der Waals surface area (Å²) in [6.07, 6.45) is 9.58. The number of carbonyl (C=O) groups excluding carboxylic acids is 1. The zero-order valence-electron chi connectivity index (χ0n) is 14.2. The Labute approximate surface area is 146 Å². The van der Waals surface area contributed by atoms with E-state index in [1.54, 1.807) is 6.20 Å². The van der Waals surface area contributed by atoms with Crippen LogP contribution in [0.5, 0.6) is 0 Å². The van der Waals surface area contributed by atoms with Crippen LogP contribution in [0.15, 0.2) is 55.1 Å². The van der Waals surface area contributed by atoms with Crippen molar-refractivity contribution in [1.29, 1.82) is 0 Å². The fourth-order valence-corrected chi connectivity index (χ4v) is 3.39. The molecule has 6 heteroatoms. The van der Waals surface area contributed by atoms with E-state index in [-0.39, 0.29) is 11.9 Å². The van der Waals surface area contributed by atoms with Crippen molar-refractivity contribution in [3.05, 3.63) is 66.2 Å². The predicted octanol–water partition coefficient (Wildman–Crippen LogP) is 2.68. The Morgan fingerprint density at radius 1 is 1.24 bits per heavy atom. The third-order valence-electron chi connectivity index (χ3n) is 4.69. The number of amides is 1. The summed E-state index contributed by atoms with van der Waals surface area (Å²) in [6, 6.07) is 9.78. The van der Waals surface area contributed by atoms with Crippen LogP contribution < -0.4 is 0 Å². The number of aromatic nitrogens is 4. The van der Waals surface area contributed by atoms with E-state index < -0.39 is 0 Å². The number of nitrogens with zero attached hydrogens (tertiary/aromatic N) is 5. The molecule has 4 rings (SSSR count). The van der Waals surface area contributed by atoms with Crippen molar-refractivity contribution >= 4 is 5.91 Å². The van der Waals surface area contributed by atoms with Crippen LogP contribution >= 0.6 is 0 Å². The number of aryl methyl sites for hydroxylation is 1. The molecule has 1 aliphatic rings. The van der Waals surface area contributed by atoms with E-state index in [0.717, 1.165) is 42.7 Å². The highest BCUT2D eigenvalue weighted by Gasteiger charge is 2.29. The van der Waals surface area contributed by atoms with Crippen LogP contribution in [-0.2, 0) is 6.54 Å². The topological polar surface area (TPSA) is 56.0 Å². The Hall–Kier alpha value is -2.89. The van der Waals surface area contributed by atoms with Gasteiger partial charge in [-0.1, -0.05) is 0 Å². The van der Waals surface area contributed by atoms with Crippen molar-refractivity contribution in [2.75, 3.05) is 6.54 Å². The van der Waals surface area contributed by atoms with Gasteiger partial charge in [0.15, 0.2) is 0 Å². The van der Waals surface area contributed by atoms with Crippen LogP contribution in [-0.4, -0.2) is 43.0 Å². The van der Waals surface area contributed by atoms with Gasteiger partial charge in [-0.3, -0.25) is 9.48 Å². The number of hydrogen-bond acceptors (Lipinski definition) is 3. The smallest absolute Gasteiger partial charge is 0.254 e. The molecule has 0 spiro atoms. The first-order valence-corrected chi connectivity index (χ1v) is 8.61. The highest BCUT2D eigenvalue weighted by molar-refractivity contribution is 5.94. The number of carbonyl (C=O) groups is 1. The molecule has 0 radical (unpaired) electrons. The summed E-state index contributed by atoms with van der Waals surface area (Å²) >= 11 is 0. The van der Waals surface area contributed by atoms with Crippen LogP contribution in [0.4, 0.5) is 0 Å². The zero-order chi connectivity index (χ0) is 17.2. The Balaban J connectivity index is 1.49. The van der Waals surface area contributed by atoms with E-state index >= 15 is 0 Å². The Kier molecular flexibility index (Phi) is 4.09. The maximum atomic E-state index is 12.9. The first-order valence-electron chi connectivity index (χ1n) is 8.61. The lowest BCUT2D eigenvalue weighted by Gasteiger charge is -2.25. The highest BCUT2D eigenvalue weighted by atomic mass is 16.2. The van der Waals surface area contributed by atoms with Gasteiger partial charge in [-0.15, -0.1) is 0 Å². The van der Waals surface area contributed by atoms with E-state index in [4.69, 9.17) is 0 Å². The maximum absolute atomic E-state index is 12.9. The first kappa shape index (κ1) is 15.6. The van der Waals surface area contributed by atoms with Crippen molar-refractivity contribution in [3.8, 4) is 5.69 Å². The molecule has 0 aliphatic carbocycles. The van der Waals surface area contributed by atoms with E-state index in [0.29, 0.717) is 0 Å². The highest BCUT2D eigenvalue weighted by Crippen LogP contribution is 2.22. The Bertz CT molecular complexity index is 850. The van der Waals surface area contributed by atoms with Gasteiger partial charge in [-0.05, 0) is 55.7 Å². The molecule has 0 saturated carbocycles. The summed E-state index contributed by atoms with van der Waals surface area (Å²) < 4.78 is 3.72. The molecular formula is C19H21N5O. The lowest BCUT2D eigenvalue weighted by Crippen LogP contribution is -2.38. The van der Waals surface area contributed by atoms with Gasteiger partial charge in [0.25, 0.3) is 5.91 Å². The molecule has 2 aromatic heterocycles. The van der Waals surface area contributed by atoms with Crippen LogP contribution in [0.3, 0.4) is 0 Å². The van der Waals surface area contributed by atoms with E-state index in [1.807, 2.05) is 70.1 Å². The van der Waals surface area contributed by atoms with Crippen molar-refractivity contribution in [2.24, 2.45) is 0 Å². The van der Waals surface area contributed by atoms with Gasteiger partial charge in [0, 0.05) is 30.7 Å². The second-order valence-electron chi connectivity index (χ2n) is 6.53. The van der Waals surface area contributed by atoms with Gasteiger partial charge in [0.05, 0.1) is 24.5 Å². The molecule has 128 valence electrons. The van der Waals surface area contributed by atoms with Gasteiger partial charge >= 0.3 is 0 Å². The van der Waals surface area contributed by atoms with Gasteiger partial charge < -0.3 is 4.90 Å². The number of hydrogen-bond donors (Lipinski definition) is 0. The average Bonchev–Trinajstić information content (AvgIpc) is 3.37. The third-order valence-corrected chi connectivity index (χ3v) is 4.69. The lowest BCUT2D eigenvalue weighted by atomic mass is 10.1.